The minimum absolute atomic E-state index is 0.186. The van der Waals surface area contributed by atoms with Gasteiger partial charge in [-0.3, -0.25) is 4.79 Å². The van der Waals surface area contributed by atoms with Crippen LogP contribution in [0.2, 0.25) is 5.02 Å². The summed E-state index contributed by atoms with van der Waals surface area (Å²) in [4.78, 5) is 28.9. The van der Waals surface area contributed by atoms with Crippen molar-refractivity contribution in [2.24, 2.45) is 0 Å². The van der Waals surface area contributed by atoms with Gasteiger partial charge in [-0.15, -0.1) is 0 Å². The van der Waals surface area contributed by atoms with Crippen molar-refractivity contribution in [3.63, 3.8) is 0 Å². The second-order valence-corrected chi connectivity index (χ2v) is 4.80. The van der Waals surface area contributed by atoms with Crippen molar-refractivity contribution >= 4 is 45.1 Å². The number of carbonyl (C=O) groups is 2. The Hall–Kier alpha value is -1.86. The van der Waals surface area contributed by atoms with Gasteiger partial charge in [0.2, 0.25) is 0 Å². The molecule has 1 heterocycles. The summed E-state index contributed by atoms with van der Waals surface area (Å²) < 4.78 is 0.584. The van der Waals surface area contributed by atoms with E-state index in [0.717, 1.165) is 6.33 Å². The number of H-pyrrole nitrogens is 1. The number of hydrogen-bond acceptors (Lipinski definition) is 3. The maximum atomic E-state index is 11.9. The van der Waals surface area contributed by atoms with Crippen molar-refractivity contribution in [3.8, 4) is 0 Å². The van der Waals surface area contributed by atoms with Gasteiger partial charge in [-0.1, -0.05) is 11.6 Å². The topological polar surface area (TPSA) is 95.1 Å². The fraction of sp³-hybridized carbons (Fsp3) is 0. The number of anilines is 1. The Labute approximate surface area is 120 Å². The molecule has 2 aromatic rings. The molecule has 1 aromatic heterocycles. The second-order valence-electron chi connectivity index (χ2n) is 3.51. The minimum atomic E-state index is -1.25. The van der Waals surface area contributed by atoms with Gasteiger partial charge >= 0.3 is 5.97 Å². The van der Waals surface area contributed by atoms with Crippen LogP contribution in [0.25, 0.3) is 0 Å². The van der Waals surface area contributed by atoms with Gasteiger partial charge in [-0.05, 0) is 34.1 Å². The molecule has 1 amide bonds. The van der Waals surface area contributed by atoms with Gasteiger partial charge in [-0.2, -0.15) is 0 Å². The van der Waals surface area contributed by atoms with Crippen LogP contribution in [0.4, 0.5) is 5.69 Å². The van der Waals surface area contributed by atoms with Crippen LogP contribution >= 0.6 is 27.5 Å². The molecule has 0 unspecified atom stereocenters. The van der Waals surface area contributed by atoms with E-state index in [-0.39, 0.29) is 11.4 Å². The maximum absolute atomic E-state index is 11.9. The van der Waals surface area contributed by atoms with Crippen LogP contribution in [0.15, 0.2) is 29.0 Å². The molecule has 8 heteroatoms. The zero-order chi connectivity index (χ0) is 14.0. The smallest absolute Gasteiger partial charge is 0.354 e. The van der Waals surface area contributed by atoms with Crippen LogP contribution in [0.1, 0.15) is 21.0 Å². The number of aromatic nitrogens is 2. The van der Waals surface area contributed by atoms with E-state index in [1.807, 2.05) is 0 Å². The van der Waals surface area contributed by atoms with Crippen LogP contribution in [-0.2, 0) is 0 Å². The summed E-state index contributed by atoms with van der Waals surface area (Å²) in [7, 11) is 0. The molecule has 0 spiro atoms. The van der Waals surface area contributed by atoms with Crippen LogP contribution in [0, 0.1) is 0 Å². The highest BCUT2D eigenvalue weighted by Crippen LogP contribution is 2.26. The van der Waals surface area contributed by atoms with Gasteiger partial charge in [0, 0.05) is 9.50 Å². The highest BCUT2D eigenvalue weighted by molar-refractivity contribution is 9.10. The zero-order valence-electron chi connectivity index (χ0n) is 9.28. The van der Waals surface area contributed by atoms with Crippen LogP contribution < -0.4 is 5.32 Å². The van der Waals surface area contributed by atoms with E-state index < -0.39 is 11.9 Å². The van der Waals surface area contributed by atoms with Crippen LogP contribution in [-0.4, -0.2) is 27.0 Å². The van der Waals surface area contributed by atoms with E-state index in [2.05, 4.69) is 31.2 Å². The van der Waals surface area contributed by atoms with Crippen molar-refractivity contribution in [3.05, 3.63) is 45.4 Å². The lowest BCUT2D eigenvalue weighted by Gasteiger charge is -2.06. The second kappa shape index (κ2) is 5.41. The number of carboxylic acids is 1. The number of aromatic carboxylic acids is 1. The monoisotopic (exact) mass is 343 g/mol. The highest BCUT2D eigenvalue weighted by atomic mass is 79.9. The first-order chi connectivity index (χ1) is 8.99. The van der Waals surface area contributed by atoms with Crippen molar-refractivity contribution in [2.75, 3.05) is 5.32 Å². The lowest BCUT2D eigenvalue weighted by molar-refractivity contribution is 0.0686. The van der Waals surface area contributed by atoms with E-state index in [0.29, 0.717) is 15.2 Å². The highest BCUT2D eigenvalue weighted by Gasteiger charge is 2.20. The quantitative estimate of drug-likeness (QED) is 0.798. The summed E-state index contributed by atoms with van der Waals surface area (Å²) in [5.74, 6) is -1.88. The summed E-state index contributed by atoms with van der Waals surface area (Å²) >= 11 is 9.02. The number of rotatable bonds is 3. The Morgan fingerprint density at radius 3 is 2.79 bits per heavy atom. The molecule has 2 rings (SSSR count). The fourth-order valence-electron chi connectivity index (χ4n) is 1.40. The van der Waals surface area contributed by atoms with Crippen LogP contribution in [0.3, 0.4) is 0 Å². The van der Waals surface area contributed by atoms with Crippen molar-refractivity contribution < 1.29 is 14.7 Å². The lowest BCUT2D eigenvalue weighted by Crippen LogP contribution is -2.16. The normalized spacial score (nSPS) is 10.2. The summed E-state index contributed by atoms with van der Waals surface area (Å²) in [6.07, 6.45) is 1.15. The zero-order valence-corrected chi connectivity index (χ0v) is 11.6. The Morgan fingerprint density at radius 1 is 1.42 bits per heavy atom. The predicted octanol–water partition coefficient (Wildman–Crippen LogP) is 2.78. The standard InChI is InChI=1S/C11H7BrClN3O3/c12-6-3-5(13)1-2-7(6)16-10(17)8-9(11(18)19)15-4-14-8/h1-4H,(H,14,15)(H,16,17)(H,18,19). The largest absolute Gasteiger partial charge is 0.477 e. The molecular weight excluding hydrogens is 337 g/mol. The molecule has 0 bridgehead atoms. The molecule has 19 heavy (non-hydrogen) atoms. The third-order valence-corrected chi connectivity index (χ3v) is 3.14. The maximum Gasteiger partial charge on any atom is 0.354 e. The number of carbonyl (C=O) groups excluding carboxylic acids is 1. The number of imidazole rings is 1. The molecule has 98 valence electrons. The van der Waals surface area contributed by atoms with E-state index >= 15 is 0 Å². The first kappa shape index (κ1) is 13.6. The van der Waals surface area contributed by atoms with Gasteiger partial charge < -0.3 is 15.4 Å². The number of hydrogen-bond donors (Lipinski definition) is 3. The number of benzene rings is 1. The van der Waals surface area contributed by atoms with E-state index in [1.54, 1.807) is 18.2 Å². The first-order valence-corrected chi connectivity index (χ1v) is 6.19. The van der Waals surface area contributed by atoms with Gasteiger partial charge in [-0.25, -0.2) is 9.78 Å². The van der Waals surface area contributed by atoms with Gasteiger partial charge in [0.1, 0.15) is 0 Å². The van der Waals surface area contributed by atoms with Crippen molar-refractivity contribution in [1.29, 1.82) is 0 Å². The number of amides is 1. The average molecular weight is 345 g/mol. The predicted molar refractivity (Wildman–Crippen MR) is 72.7 cm³/mol. The Morgan fingerprint density at radius 2 is 2.16 bits per heavy atom. The van der Waals surface area contributed by atoms with Crippen molar-refractivity contribution in [1.82, 2.24) is 9.97 Å². The van der Waals surface area contributed by atoms with E-state index in [1.165, 1.54) is 0 Å². The van der Waals surface area contributed by atoms with Crippen LogP contribution in [0.5, 0.6) is 0 Å². The summed E-state index contributed by atoms with van der Waals surface area (Å²) in [6, 6.07) is 4.81. The summed E-state index contributed by atoms with van der Waals surface area (Å²) in [6.45, 7) is 0. The molecule has 0 aliphatic heterocycles. The number of aromatic amines is 1. The molecular formula is C11H7BrClN3O3. The fourth-order valence-corrected chi connectivity index (χ4v) is 2.18. The Kier molecular flexibility index (Phi) is 3.87. The number of halogens is 2. The minimum Gasteiger partial charge on any atom is -0.477 e. The summed E-state index contributed by atoms with van der Waals surface area (Å²) in [5, 5.41) is 11.9. The van der Waals surface area contributed by atoms with Gasteiger partial charge in [0.15, 0.2) is 11.4 Å². The summed E-state index contributed by atoms with van der Waals surface area (Å²) in [5.41, 5.74) is 0.0191. The van der Waals surface area contributed by atoms with Crippen molar-refractivity contribution in [2.45, 2.75) is 0 Å². The molecule has 6 nitrogen and oxygen atoms in total. The van der Waals surface area contributed by atoms with E-state index in [9.17, 15) is 9.59 Å². The molecule has 1 aromatic carbocycles. The number of nitrogens with zero attached hydrogens (tertiary/aromatic N) is 1. The molecule has 3 N–H and O–H groups in total. The number of nitrogens with one attached hydrogen (secondary N) is 2. The Bertz CT molecular complexity index is 656. The molecule has 0 saturated heterocycles. The molecule has 0 aliphatic carbocycles. The number of carboxylic acid groups (broad SMARTS) is 1. The molecule has 0 atom stereocenters. The SMILES string of the molecule is O=C(Nc1ccc(Cl)cc1Br)c1nc[nH]c1C(=O)O. The molecule has 0 fully saturated rings. The van der Waals surface area contributed by atoms with Gasteiger partial charge in [0.05, 0.1) is 12.0 Å². The first-order valence-electron chi connectivity index (χ1n) is 5.02. The molecule has 0 radical (unpaired) electrons. The average Bonchev–Trinajstić information content (AvgIpc) is 2.82. The Balaban J connectivity index is 2.26. The third kappa shape index (κ3) is 2.94. The lowest BCUT2D eigenvalue weighted by atomic mass is 10.2. The van der Waals surface area contributed by atoms with Gasteiger partial charge in [0.25, 0.3) is 5.91 Å². The molecule has 0 saturated carbocycles. The van der Waals surface area contributed by atoms with E-state index in [4.69, 9.17) is 16.7 Å². The third-order valence-electron chi connectivity index (χ3n) is 2.25. The molecule has 0 aliphatic rings.